The fraction of sp³-hybridized carbons (Fsp3) is 0.0769. The molecule has 0 saturated heterocycles. The molecule has 0 fully saturated rings. The number of hydrogen-bond acceptors (Lipinski definition) is 5. The largest absolute Gasteiger partial charge is 0.439 e. The SMILES string of the molecule is O=c1[nH]c(-c2nccnc2Cc2ccc(Cl)cc2)no1. The maximum absolute atomic E-state index is 11.0. The lowest BCUT2D eigenvalue weighted by molar-refractivity contribution is 0.387. The van der Waals surface area contributed by atoms with Crippen molar-refractivity contribution in [1.29, 1.82) is 0 Å². The van der Waals surface area contributed by atoms with Crippen LogP contribution in [0.4, 0.5) is 0 Å². The van der Waals surface area contributed by atoms with Crippen molar-refractivity contribution < 1.29 is 4.52 Å². The van der Waals surface area contributed by atoms with Crippen molar-refractivity contribution in [2.24, 2.45) is 0 Å². The second kappa shape index (κ2) is 5.26. The molecule has 0 radical (unpaired) electrons. The van der Waals surface area contributed by atoms with Crippen LogP contribution in [-0.2, 0) is 6.42 Å². The molecule has 0 saturated carbocycles. The molecule has 7 heteroatoms. The lowest BCUT2D eigenvalue weighted by atomic mass is 10.1. The molecule has 1 aromatic carbocycles. The van der Waals surface area contributed by atoms with Crippen LogP contribution in [0.2, 0.25) is 5.02 Å². The van der Waals surface area contributed by atoms with E-state index in [1.165, 1.54) is 6.20 Å². The van der Waals surface area contributed by atoms with Crippen molar-refractivity contribution in [3.05, 3.63) is 63.5 Å². The van der Waals surface area contributed by atoms with Gasteiger partial charge in [0.25, 0.3) is 0 Å². The number of H-pyrrole nitrogens is 1. The van der Waals surface area contributed by atoms with Crippen LogP contribution in [0.3, 0.4) is 0 Å². The summed E-state index contributed by atoms with van der Waals surface area (Å²) in [6.45, 7) is 0. The van der Waals surface area contributed by atoms with Gasteiger partial charge in [-0.15, -0.1) is 0 Å². The van der Waals surface area contributed by atoms with Crippen molar-refractivity contribution in [2.45, 2.75) is 6.42 Å². The smallest absolute Gasteiger partial charge is 0.296 e. The van der Waals surface area contributed by atoms with Crippen LogP contribution in [0.5, 0.6) is 0 Å². The Balaban J connectivity index is 1.98. The fourth-order valence-electron chi connectivity index (χ4n) is 1.82. The molecule has 2 aromatic heterocycles. The van der Waals surface area contributed by atoms with Crippen LogP contribution in [-0.4, -0.2) is 20.1 Å². The molecule has 0 aliphatic heterocycles. The molecule has 0 spiro atoms. The summed E-state index contributed by atoms with van der Waals surface area (Å²) in [7, 11) is 0. The van der Waals surface area contributed by atoms with Crippen LogP contribution in [0.1, 0.15) is 11.3 Å². The van der Waals surface area contributed by atoms with E-state index in [1.54, 1.807) is 6.20 Å². The van der Waals surface area contributed by atoms with E-state index in [4.69, 9.17) is 11.6 Å². The highest BCUT2D eigenvalue weighted by atomic mass is 35.5. The number of halogens is 1. The number of rotatable bonds is 3. The molecule has 1 N–H and O–H groups in total. The van der Waals surface area contributed by atoms with Crippen molar-refractivity contribution in [2.75, 3.05) is 0 Å². The molecule has 0 atom stereocenters. The maximum Gasteiger partial charge on any atom is 0.439 e. The van der Waals surface area contributed by atoms with Gasteiger partial charge in [0, 0.05) is 23.8 Å². The highest BCUT2D eigenvalue weighted by Gasteiger charge is 2.13. The Kier molecular flexibility index (Phi) is 3.30. The van der Waals surface area contributed by atoms with Gasteiger partial charge in [-0.2, -0.15) is 0 Å². The quantitative estimate of drug-likeness (QED) is 0.797. The summed E-state index contributed by atoms with van der Waals surface area (Å²) >= 11 is 5.85. The van der Waals surface area contributed by atoms with Crippen LogP contribution in [0.25, 0.3) is 11.5 Å². The Labute approximate surface area is 118 Å². The van der Waals surface area contributed by atoms with E-state index in [0.717, 1.165) is 5.56 Å². The van der Waals surface area contributed by atoms with E-state index in [1.807, 2.05) is 24.3 Å². The van der Waals surface area contributed by atoms with E-state index in [0.29, 0.717) is 22.8 Å². The van der Waals surface area contributed by atoms with E-state index in [2.05, 4.69) is 24.6 Å². The second-order valence-electron chi connectivity index (χ2n) is 4.10. The predicted molar refractivity (Wildman–Crippen MR) is 72.4 cm³/mol. The van der Waals surface area contributed by atoms with Gasteiger partial charge >= 0.3 is 5.76 Å². The van der Waals surface area contributed by atoms with E-state index in [-0.39, 0.29) is 5.82 Å². The van der Waals surface area contributed by atoms with Gasteiger partial charge in [0.1, 0.15) is 5.69 Å². The molecule has 3 aromatic rings. The second-order valence-corrected chi connectivity index (χ2v) is 4.53. The zero-order valence-corrected chi connectivity index (χ0v) is 11.0. The molecule has 3 rings (SSSR count). The minimum absolute atomic E-state index is 0.270. The molecular formula is C13H9ClN4O2. The topological polar surface area (TPSA) is 84.7 Å². The van der Waals surface area contributed by atoms with Gasteiger partial charge in [0.05, 0.1) is 5.69 Å². The Bertz CT molecular complexity index is 779. The fourth-order valence-corrected chi connectivity index (χ4v) is 1.95. The molecule has 20 heavy (non-hydrogen) atoms. The summed E-state index contributed by atoms with van der Waals surface area (Å²) in [5.41, 5.74) is 2.22. The summed E-state index contributed by atoms with van der Waals surface area (Å²) in [4.78, 5) is 22.0. The predicted octanol–water partition coefficient (Wildman–Crippen LogP) is 2.06. The van der Waals surface area contributed by atoms with Gasteiger partial charge in [-0.25, -0.2) is 9.78 Å². The summed E-state index contributed by atoms with van der Waals surface area (Å²) in [6.07, 6.45) is 3.68. The Morgan fingerprint density at radius 2 is 1.90 bits per heavy atom. The van der Waals surface area contributed by atoms with Gasteiger partial charge < -0.3 is 0 Å². The average Bonchev–Trinajstić information content (AvgIpc) is 2.88. The Hall–Kier alpha value is -2.47. The van der Waals surface area contributed by atoms with Crippen molar-refractivity contribution >= 4 is 11.6 Å². The van der Waals surface area contributed by atoms with Crippen molar-refractivity contribution in [3.63, 3.8) is 0 Å². The molecule has 100 valence electrons. The highest BCUT2D eigenvalue weighted by Crippen LogP contribution is 2.18. The monoisotopic (exact) mass is 288 g/mol. The lowest BCUT2D eigenvalue weighted by Crippen LogP contribution is -2.01. The molecule has 0 aliphatic rings. The summed E-state index contributed by atoms with van der Waals surface area (Å²) in [6, 6.07) is 7.44. The van der Waals surface area contributed by atoms with E-state index < -0.39 is 5.76 Å². The van der Waals surface area contributed by atoms with Gasteiger partial charge in [-0.1, -0.05) is 28.9 Å². The minimum Gasteiger partial charge on any atom is -0.296 e. The molecule has 0 bridgehead atoms. The highest BCUT2D eigenvalue weighted by molar-refractivity contribution is 6.30. The number of nitrogens with one attached hydrogen (secondary N) is 1. The molecule has 0 amide bonds. The van der Waals surface area contributed by atoms with Crippen LogP contribution < -0.4 is 5.76 Å². The maximum atomic E-state index is 11.0. The Morgan fingerprint density at radius 1 is 1.15 bits per heavy atom. The van der Waals surface area contributed by atoms with E-state index >= 15 is 0 Å². The lowest BCUT2D eigenvalue weighted by Gasteiger charge is -2.04. The average molecular weight is 289 g/mol. The molecule has 0 unspecified atom stereocenters. The number of aromatic amines is 1. The normalized spacial score (nSPS) is 10.7. The van der Waals surface area contributed by atoms with E-state index in [9.17, 15) is 4.79 Å². The number of nitrogens with zero attached hydrogens (tertiary/aromatic N) is 3. The standard InChI is InChI=1S/C13H9ClN4O2/c14-9-3-1-8(2-4-9)7-10-11(16-6-5-15-10)12-17-13(19)20-18-12/h1-6H,7H2,(H,17,18,19). The zero-order chi connectivity index (χ0) is 13.9. The first-order chi connectivity index (χ1) is 9.72. The van der Waals surface area contributed by atoms with Gasteiger partial charge in [0.15, 0.2) is 0 Å². The van der Waals surface area contributed by atoms with Crippen molar-refractivity contribution in [3.8, 4) is 11.5 Å². The summed E-state index contributed by atoms with van der Waals surface area (Å²) in [5, 5.41) is 4.31. The third-order valence-corrected chi connectivity index (χ3v) is 2.98. The van der Waals surface area contributed by atoms with Crippen molar-refractivity contribution in [1.82, 2.24) is 20.1 Å². The van der Waals surface area contributed by atoms with Gasteiger partial charge in [-0.05, 0) is 17.7 Å². The third kappa shape index (κ3) is 2.60. The number of benzene rings is 1. The third-order valence-electron chi connectivity index (χ3n) is 2.72. The molecule has 6 nitrogen and oxygen atoms in total. The van der Waals surface area contributed by atoms with Gasteiger partial charge in [-0.3, -0.25) is 14.5 Å². The first-order valence-corrected chi connectivity index (χ1v) is 6.21. The molecule has 0 aliphatic carbocycles. The first-order valence-electron chi connectivity index (χ1n) is 5.83. The summed E-state index contributed by atoms with van der Waals surface area (Å²) in [5.74, 6) is -0.352. The number of hydrogen-bond donors (Lipinski definition) is 1. The van der Waals surface area contributed by atoms with Crippen LogP contribution in [0, 0.1) is 0 Å². The molecular weight excluding hydrogens is 280 g/mol. The van der Waals surface area contributed by atoms with Crippen LogP contribution in [0.15, 0.2) is 46.0 Å². The molecule has 2 heterocycles. The Morgan fingerprint density at radius 3 is 2.60 bits per heavy atom. The first kappa shape index (κ1) is 12.6. The van der Waals surface area contributed by atoms with Gasteiger partial charge in [0.2, 0.25) is 5.82 Å². The van der Waals surface area contributed by atoms with Crippen LogP contribution >= 0.6 is 11.6 Å². The number of aromatic nitrogens is 4. The minimum atomic E-state index is -0.622. The summed E-state index contributed by atoms with van der Waals surface area (Å²) < 4.78 is 4.49. The zero-order valence-electron chi connectivity index (χ0n) is 10.2.